The summed E-state index contributed by atoms with van der Waals surface area (Å²) < 4.78 is 7.76. The summed E-state index contributed by atoms with van der Waals surface area (Å²) >= 11 is 1.68. The van der Waals surface area contributed by atoms with Crippen molar-refractivity contribution in [3.05, 3.63) is 35.0 Å². The molecule has 0 bridgehead atoms. The Morgan fingerprint density at radius 3 is 3.05 bits per heavy atom. The molecule has 0 saturated carbocycles. The van der Waals surface area contributed by atoms with Gasteiger partial charge in [-0.05, 0) is 18.1 Å². The zero-order valence-corrected chi connectivity index (χ0v) is 12.3. The van der Waals surface area contributed by atoms with Gasteiger partial charge in [0.2, 0.25) is 4.96 Å². The minimum Gasteiger partial charge on any atom is -0.486 e. The summed E-state index contributed by atoms with van der Waals surface area (Å²) in [7, 11) is 0. The highest BCUT2D eigenvalue weighted by atomic mass is 32.1. The van der Waals surface area contributed by atoms with Gasteiger partial charge in [-0.25, -0.2) is 9.50 Å². The lowest BCUT2D eigenvalue weighted by atomic mass is 10.1. The van der Waals surface area contributed by atoms with Crippen LogP contribution in [0.15, 0.2) is 24.3 Å². The van der Waals surface area contributed by atoms with Crippen LogP contribution in [0.2, 0.25) is 0 Å². The molecule has 4 nitrogen and oxygen atoms in total. The van der Waals surface area contributed by atoms with Crippen LogP contribution in [0.25, 0.3) is 16.2 Å². The number of fused-ring (bicyclic) bond motifs is 5. The molecule has 5 heteroatoms. The van der Waals surface area contributed by atoms with Crippen molar-refractivity contribution in [2.75, 3.05) is 0 Å². The maximum Gasteiger partial charge on any atom is 0.213 e. The quantitative estimate of drug-likeness (QED) is 0.723. The molecule has 1 aliphatic heterocycles. The summed E-state index contributed by atoms with van der Waals surface area (Å²) in [5.74, 6) is 1.52. The van der Waals surface area contributed by atoms with E-state index in [-0.39, 0.29) is 0 Å². The molecule has 0 spiro atoms. The molecule has 3 heterocycles. The van der Waals surface area contributed by atoms with Crippen molar-refractivity contribution < 1.29 is 4.74 Å². The third-order valence-corrected chi connectivity index (χ3v) is 4.36. The maximum absolute atomic E-state index is 5.81. The zero-order chi connectivity index (χ0) is 13.7. The molecule has 20 heavy (non-hydrogen) atoms. The molecule has 1 aliphatic rings. The van der Waals surface area contributed by atoms with E-state index in [0.29, 0.717) is 12.5 Å². The Bertz CT molecular complexity index is 788. The lowest BCUT2D eigenvalue weighted by Crippen LogP contribution is -2.08. The molecular formula is C15H15N3OS. The molecule has 3 aromatic rings. The topological polar surface area (TPSA) is 39.4 Å². The fourth-order valence-corrected chi connectivity index (χ4v) is 3.67. The standard InChI is InChI=1S/C15H15N3OS/c1-9(2)7-13-17-18-11-8-19-12-6-4-3-5-10(12)14(11)16-15(18)20-13/h3-6,9H,7-8H2,1-2H3. The summed E-state index contributed by atoms with van der Waals surface area (Å²) in [6, 6.07) is 8.05. The summed E-state index contributed by atoms with van der Waals surface area (Å²) in [4.78, 5) is 5.73. The predicted octanol–water partition coefficient (Wildman–Crippen LogP) is 3.55. The average Bonchev–Trinajstić information content (AvgIpc) is 2.95. The summed E-state index contributed by atoms with van der Waals surface area (Å²) in [6.45, 7) is 4.95. The van der Waals surface area contributed by atoms with E-state index in [1.807, 2.05) is 22.7 Å². The van der Waals surface area contributed by atoms with Gasteiger partial charge in [0.1, 0.15) is 28.8 Å². The predicted molar refractivity (Wildman–Crippen MR) is 79.2 cm³/mol. The first kappa shape index (κ1) is 11.9. The van der Waals surface area contributed by atoms with Gasteiger partial charge in [-0.1, -0.05) is 37.3 Å². The van der Waals surface area contributed by atoms with Crippen molar-refractivity contribution >= 4 is 16.3 Å². The van der Waals surface area contributed by atoms with Crippen LogP contribution < -0.4 is 4.74 Å². The monoisotopic (exact) mass is 285 g/mol. The van der Waals surface area contributed by atoms with Gasteiger partial charge in [-0.2, -0.15) is 5.10 Å². The molecule has 0 N–H and O–H groups in total. The first-order chi connectivity index (χ1) is 9.72. The van der Waals surface area contributed by atoms with Crippen molar-refractivity contribution in [3.8, 4) is 17.0 Å². The van der Waals surface area contributed by atoms with Gasteiger partial charge in [0.05, 0.1) is 0 Å². The third-order valence-electron chi connectivity index (χ3n) is 3.43. The van der Waals surface area contributed by atoms with Crippen molar-refractivity contribution in [1.82, 2.24) is 14.6 Å². The average molecular weight is 285 g/mol. The van der Waals surface area contributed by atoms with Crippen LogP contribution in [0.1, 0.15) is 24.5 Å². The SMILES string of the molecule is CC(C)Cc1nn2c3c(nc2s1)-c1ccccc1OC3. The normalized spacial score (nSPS) is 13.3. The minimum absolute atomic E-state index is 0.540. The van der Waals surface area contributed by atoms with Crippen LogP contribution >= 0.6 is 11.3 Å². The summed E-state index contributed by atoms with van der Waals surface area (Å²) in [6.07, 6.45) is 1.00. The molecule has 0 saturated heterocycles. The molecule has 0 amide bonds. The van der Waals surface area contributed by atoms with Crippen LogP contribution in [-0.4, -0.2) is 14.6 Å². The number of hydrogen-bond donors (Lipinski definition) is 0. The number of para-hydroxylation sites is 1. The number of imidazole rings is 1. The lowest BCUT2D eigenvalue weighted by Gasteiger charge is -2.16. The van der Waals surface area contributed by atoms with Gasteiger partial charge < -0.3 is 4.74 Å². The number of benzene rings is 1. The van der Waals surface area contributed by atoms with E-state index >= 15 is 0 Å². The largest absolute Gasteiger partial charge is 0.486 e. The zero-order valence-electron chi connectivity index (χ0n) is 11.5. The summed E-state index contributed by atoms with van der Waals surface area (Å²) in [5.41, 5.74) is 3.14. The van der Waals surface area contributed by atoms with Crippen molar-refractivity contribution in [2.24, 2.45) is 5.92 Å². The number of nitrogens with zero attached hydrogens (tertiary/aromatic N) is 3. The smallest absolute Gasteiger partial charge is 0.213 e. The number of rotatable bonds is 2. The molecule has 102 valence electrons. The molecule has 2 aromatic heterocycles. The number of aromatic nitrogens is 3. The van der Waals surface area contributed by atoms with Crippen LogP contribution in [0.4, 0.5) is 0 Å². The molecule has 0 aliphatic carbocycles. The van der Waals surface area contributed by atoms with Crippen LogP contribution in [0.5, 0.6) is 5.75 Å². The molecular weight excluding hydrogens is 270 g/mol. The molecule has 4 rings (SSSR count). The van der Waals surface area contributed by atoms with E-state index in [0.717, 1.165) is 39.1 Å². The van der Waals surface area contributed by atoms with E-state index in [4.69, 9.17) is 14.8 Å². The third kappa shape index (κ3) is 1.73. The van der Waals surface area contributed by atoms with Gasteiger partial charge in [-0.3, -0.25) is 0 Å². The second-order valence-electron chi connectivity index (χ2n) is 5.48. The van der Waals surface area contributed by atoms with Crippen LogP contribution in [0.3, 0.4) is 0 Å². The second kappa shape index (κ2) is 4.31. The molecule has 0 unspecified atom stereocenters. The molecule has 0 radical (unpaired) electrons. The minimum atomic E-state index is 0.540. The van der Waals surface area contributed by atoms with Crippen molar-refractivity contribution in [1.29, 1.82) is 0 Å². The van der Waals surface area contributed by atoms with E-state index in [1.165, 1.54) is 0 Å². The Kier molecular flexibility index (Phi) is 2.57. The highest BCUT2D eigenvalue weighted by Gasteiger charge is 2.24. The highest BCUT2D eigenvalue weighted by Crippen LogP contribution is 2.37. The Hall–Kier alpha value is -1.88. The highest BCUT2D eigenvalue weighted by molar-refractivity contribution is 7.16. The summed E-state index contributed by atoms with van der Waals surface area (Å²) in [5, 5.41) is 5.83. The van der Waals surface area contributed by atoms with Gasteiger partial charge in [-0.15, -0.1) is 0 Å². The first-order valence-electron chi connectivity index (χ1n) is 6.82. The number of hydrogen-bond acceptors (Lipinski definition) is 4. The number of ether oxygens (including phenoxy) is 1. The maximum atomic E-state index is 5.81. The van der Waals surface area contributed by atoms with Crippen molar-refractivity contribution in [3.63, 3.8) is 0 Å². The Balaban J connectivity index is 1.86. The molecule has 0 atom stereocenters. The van der Waals surface area contributed by atoms with E-state index in [2.05, 4.69) is 19.9 Å². The lowest BCUT2D eigenvalue weighted by molar-refractivity contribution is 0.294. The van der Waals surface area contributed by atoms with Gasteiger partial charge in [0.25, 0.3) is 0 Å². The van der Waals surface area contributed by atoms with Gasteiger partial charge >= 0.3 is 0 Å². The molecule has 0 fully saturated rings. The Morgan fingerprint density at radius 1 is 1.35 bits per heavy atom. The second-order valence-corrected chi connectivity index (χ2v) is 6.52. The Labute approximate surface area is 121 Å². The van der Waals surface area contributed by atoms with Crippen LogP contribution in [-0.2, 0) is 13.0 Å². The fourth-order valence-electron chi connectivity index (χ4n) is 2.54. The van der Waals surface area contributed by atoms with Crippen molar-refractivity contribution in [2.45, 2.75) is 26.9 Å². The van der Waals surface area contributed by atoms with E-state index < -0.39 is 0 Å². The van der Waals surface area contributed by atoms with Gasteiger partial charge in [0.15, 0.2) is 0 Å². The van der Waals surface area contributed by atoms with Crippen LogP contribution in [0, 0.1) is 5.92 Å². The van der Waals surface area contributed by atoms with Gasteiger partial charge in [0, 0.05) is 12.0 Å². The van der Waals surface area contributed by atoms with E-state index in [1.54, 1.807) is 11.3 Å². The first-order valence-corrected chi connectivity index (χ1v) is 7.63. The molecule has 1 aromatic carbocycles. The van der Waals surface area contributed by atoms with E-state index in [9.17, 15) is 0 Å². The Morgan fingerprint density at radius 2 is 2.20 bits per heavy atom. The fraction of sp³-hybridized carbons (Fsp3) is 0.333.